The highest BCUT2D eigenvalue weighted by molar-refractivity contribution is 5.87. The summed E-state index contributed by atoms with van der Waals surface area (Å²) in [6, 6.07) is 15.9. The molecule has 4 aromatic rings. The van der Waals surface area contributed by atoms with Gasteiger partial charge in [0.25, 0.3) is 5.56 Å². The lowest BCUT2D eigenvalue weighted by Crippen LogP contribution is -2.24. The van der Waals surface area contributed by atoms with Crippen molar-refractivity contribution in [2.24, 2.45) is 7.05 Å². The van der Waals surface area contributed by atoms with Crippen LogP contribution < -0.4 is 10.9 Å². The Balaban J connectivity index is 0.00000205. The number of hydrogen-bond donors (Lipinski definition) is 1. The molecule has 2 aromatic carbocycles. The van der Waals surface area contributed by atoms with E-state index in [4.69, 9.17) is 0 Å². The number of aromatic nitrogens is 3. The molecule has 0 spiro atoms. The van der Waals surface area contributed by atoms with Crippen molar-refractivity contribution in [2.75, 3.05) is 6.54 Å². The standard InChI is InChI=1S/C23H22N4O.ClH/c1-15-3-5-16(6-4-15)17-11-23(28)27(25-13-17)18-7-8-19-20-14-24-10-9-21(20)26(2)22(19)12-18;/h3-8,11-13,24H,9-10,14H2,1-2H3;1H. The molecule has 148 valence electrons. The van der Waals surface area contributed by atoms with Gasteiger partial charge in [-0.05, 0) is 30.2 Å². The Hall–Kier alpha value is -2.89. The lowest BCUT2D eigenvalue weighted by atomic mass is 10.1. The summed E-state index contributed by atoms with van der Waals surface area (Å²) in [5.41, 5.74) is 7.58. The lowest BCUT2D eigenvalue weighted by Gasteiger charge is -2.14. The van der Waals surface area contributed by atoms with Crippen LogP contribution in [0.15, 0.2) is 59.5 Å². The summed E-state index contributed by atoms with van der Waals surface area (Å²) >= 11 is 0. The van der Waals surface area contributed by atoms with E-state index in [1.807, 2.05) is 37.3 Å². The first-order valence-electron chi connectivity index (χ1n) is 9.59. The molecule has 0 aliphatic carbocycles. The number of nitrogens with one attached hydrogen (secondary N) is 1. The van der Waals surface area contributed by atoms with E-state index in [0.29, 0.717) is 0 Å². The largest absolute Gasteiger partial charge is 0.347 e. The van der Waals surface area contributed by atoms with Gasteiger partial charge < -0.3 is 9.88 Å². The van der Waals surface area contributed by atoms with Crippen molar-refractivity contribution in [1.82, 2.24) is 19.7 Å². The average Bonchev–Trinajstić information content (AvgIpc) is 3.01. The molecule has 6 heteroatoms. The maximum absolute atomic E-state index is 12.8. The maximum Gasteiger partial charge on any atom is 0.272 e. The van der Waals surface area contributed by atoms with Crippen LogP contribution in [0.2, 0.25) is 0 Å². The van der Waals surface area contributed by atoms with Gasteiger partial charge in [-0.15, -0.1) is 12.4 Å². The van der Waals surface area contributed by atoms with E-state index in [1.165, 1.54) is 26.9 Å². The Kier molecular flexibility index (Phi) is 5.03. The number of fused-ring (bicyclic) bond motifs is 3. The van der Waals surface area contributed by atoms with Crippen molar-refractivity contribution >= 4 is 23.3 Å². The van der Waals surface area contributed by atoms with Crippen molar-refractivity contribution in [3.05, 3.63) is 81.9 Å². The highest BCUT2D eigenvalue weighted by atomic mass is 35.5. The van der Waals surface area contributed by atoms with Gasteiger partial charge in [-0.2, -0.15) is 9.78 Å². The highest BCUT2D eigenvalue weighted by Gasteiger charge is 2.18. The van der Waals surface area contributed by atoms with Crippen LogP contribution in [-0.4, -0.2) is 20.9 Å². The molecule has 2 aromatic heterocycles. The van der Waals surface area contributed by atoms with Crippen LogP contribution in [-0.2, 0) is 20.0 Å². The average molecular weight is 407 g/mol. The van der Waals surface area contributed by atoms with E-state index >= 15 is 0 Å². The van der Waals surface area contributed by atoms with E-state index in [2.05, 4.69) is 34.2 Å². The number of hydrogen-bond acceptors (Lipinski definition) is 3. The molecule has 5 nitrogen and oxygen atoms in total. The molecule has 3 heterocycles. The van der Waals surface area contributed by atoms with Crippen LogP contribution in [0.1, 0.15) is 16.8 Å². The van der Waals surface area contributed by atoms with Gasteiger partial charge >= 0.3 is 0 Å². The van der Waals surface area contributed by atoms with Gasteiger partial charge in [0.05, 0.1) is 17.4 Å². The van der Waals surface area contributed by atoms with Crippen LogP contribution in [0.5, 0.6) is 0 Å². The maximum atomic E-state index is 12.8. The van der Waals surface area contributed by atoms with Crippen molar-refractivity contribution in [2.45, 2.75) is 19.9 Å². The van der Waals surface area contributed by atoms with Gasteiger partial charge in [-0.3, -0.25) is 4.79 Å². The molecule has 1 aliphatic heterocycles. The second-order valence-electron chi connectivity index (χ2n) is 7.47. The predicted molar refractivity (Wildman–Crippen MR) is 119 cm³/mol. The summed E-state index contributed by atoms with van der Waals surface area (Å²) in [5, 5.41) is 9.14. The molecule has 0 saturated carbocycles. The Morgan fingerprint density at radius 2 is 1.83 bits per heavy atom. The molecule has 0 amide bonds. The number of benzene rings is 2. The van der Waals surface area contributed by atoms with Crippen LogP contribution in [0.4, 0.5) is 0 Å². The predicted octanol–water partition coefficient (Wildman–Crippen LogP) is 3.77. The Bertz CT molecular complexity index is 1250. The molecule has 1 aliphatic rings. The molecule has 5 rings (SSSR count). The minimum atomic E-state index is -0.127. The van der Waals surface area contributed by atoms with Crippen molar-refractivity contribution in [1.29, 1.82) is 0 Å². The highest BCUT2D eigenvalue weighted by Crippen LogP contribution is 2.29. The molecule has 0 unspecified atom stereocenters. The monoisotopic (exact) mass is 406 g/mol. The molecule has 1 N–H and O–H groups in total. The zero-order valence-electron chi connectivity index (χ0n) is 16.5. The first kappa shape index (κ1) is 19.4. The molecular weight excluding hydrogens is 384 g/mol. The second kappa shape index (κ2) is 7.50. The normalized spacial score (nSPS) is 13.2. The van der Waals surface area contributed by atoms with Gasteiger partial charge in [0, 0.05) is 49.3 Å². The molecular formula is C23H23ClN4O. The summed E-state index contributed by atoms with van der Waals surface area (Å²) in [7, 11) is 2.10. The molecule has 0 bridgehead atoms. The van der Waals surface area contributed by atoms with Crippen LogP contribution >= 0.6 is 12.4 Å². The minimum absolute atomic E-state index is 0. The van der Waals surface area contributed by atoms with E-state index in [9.17, 15) is 4.79 Å². The fourth-order valence-electron chi connectivity index (χ4n) is 4.13. The fraction of sp³-hybridized carbons (Fsp3) is 0.217. The van der Waals surface area contributed by atoms with E-state index in [0.717, 1.165) is 41.8 Å². The van der Waals surface area contributed by atoms with E-state index in [-0.39, 0.29) is 18.0 Å². The SMILES string of the molecule is Cc1ccc(-c2cnn(-c3ccc4c5c(n(C)c4c3)CCNC5)c(=O)c2)cc1.Cl. The third-order valence-electron chi connectivity index (χ3n) is 5.69. The summed E-state index contributed by atoms with van der Waals surface area (Å²) in [6.45, 7) is 3.95. The molecule has 0 fully saturated rings. The van der Waals surface area contributed by atoms with Crippen LogP contribution in [0.3, 0.4) is 0 Å². The van der Waals surface area contributed by atoms with Crippen molar-refractivity contribution in [3.63, 3.8) is 0 Å². The molecule has 0 saturated heterocycles. The quantitative estimate of drug-likeness (QED) is 0.551. The first-order chi connectivity index (χ1) is 13.6. The Morgan fingerprint density at radius 3 is 2.59 bits per heavy atom. The lowest BCUT2D eigenvalue weighted by molar-refractivity contribution is 0.622. The summed E-state index contributed by atoms with van der Waals surface area (Å²) in [6.07, 6.45) is 2.79. The van der Waals surface area contributed by atoms with E-state index < -0.39 is 0 Å². The van der Waals surface area contributed by atoms with Crippen molar-refractivity contribution < 1.29 is 0 Å². The minimum Gasteiger partial charge on any atom is -0.347 e. The zero-order chi connectivity index (χ0) is 19.3. The number of nitrogens with zero attached hydrogens (tertiary/aromatic N) is 3. The topological polar surface area (TPSA) is 51.9 Å². The summed E-state index contributed by atoms with van der Waals surface area (Å²) in [4.78, 5) is 12.8. The van der Waals surface area contributed by atoms with Crippen LogP contribution in [0, 0.1) is 6.92 Å². The Labute approximate surface area is 175 Å². The first-order valence-corrected chi connectivity index (χ1v) is 9.59. The van der Waals surface area contributed by atoms with E-state index in [1.54, 1.807) is 12.3 Å². The van der Waals surface area contributed by atoms with Crippen LogP contribution in [0.25, 0.3) is 27.7 Å². The van der Waals surface area contributed by atoms with Crippen molar-refractivity contribution in [3.8, 4) is 16.8 Å². The molecule has 0 atom stereocenters. The summed E-state index contributed by atoms with van der Waals surface area (Å²) < 4.78 is 3.72. The number of aryl methyl sites for hydroxylation is 2. The fourth-order valence-corrected chi connectivity index (χ4v) is 4.13. The molecule has 0 radical (unpaired) electrons. The number of rotatable bonds is 2. The van der Waals surface area contributed by atoms with Gasteiger partial charge in [0.2, 0.25) is 0 Å². The van der Waals surface area contributed by atoms with Gasteiger partial charge in [-0.1, -0.05) is 35.9 Å². The van der Waals surface area contributed by atoms with Gasteiger partial charge in [-0.25, -0.2) is 0 Å². The Morgan fingerprint density at radius 1 is 1.03 bits per heavy atom. The summed E-state index contributed by atoms with van der Waals surface area (Å²) in [5.74, 6) is 0. The smallest absolute Gasteiger partial charge is 0.272 e. The van der Waals surface area contributed by atoms with Gasteiger partial charge in [0.1, 0.15) is 0 Å². The van der Waals surface area contributed by atoms with Gasteiger partial charge in [0.15, 0.2) is 0 Å². The third kappa shape index (κ3) is 3.26. The zero-order valence-corrected chi connectivity index (χ0v) is 17.3. The number of halogens is 1. The molecule has 29 heavy (non-hydrogen) atoms. The second-order valence-corrected chi connectivity index (χ2v) is 7.47. The third-order valence-corrected chi connectivity index (χ3v) is 5.69.